The van der Waals surface area contributed by atoms with Gasteiger partial charge in [0.05, 0.1) is 5.69 Å². The summed E-state index contributed by atoms with van der Waals surface area (Å²) in [5, 5.41) is 12.1. The smallest absolute Gasteiger partial charge is 0.325 e. The van der Waals surface area contributed by atoms with Gasteiger partial charge in [0.15, 0.2) is 0 Å². The van der Waals surface area contributed by atoms with Crippen LogP contribution in [0.25, 0.3) is 5.69 Å². The second kappa shape index (κ2) is 5.63. The van der Waals surface area contributed by atoms with Crippen molar-refractivity contribution in [1.82, 2.24) is 20.2 Å². The van der Waals surface area contributed by atoms with Crippen LogP contribution in [0.3, 0.4) is 0 Å². The normalized spacial score (nSPS) is 11.3. The molecule has 2 aromatic rings. The van der Waals surface area contributed by atoms with Crippen LogP contribution >= 0.6 is 19.8 Å². The summed E-state index contributed by atoms with van der Waals surface area (Å²) in [6.45, 7) is 0. The molecule has 1 amide bonds. The van der Waals surface area contributed by atoms with Gasteiger partial charge in [0.1, 0.15) is 6.16 Å². The van der Waals surface area contributed by atoms with Crippen molar-refractivity contribution in [1.29, 1.82) is 0 Å². The van der Waals surface area contributed by atoms with Crippen molar-refractivity contribution >= 4 is 31.4 Å². The van der Waals surface area contributed by atoms with E-state index >= 15 is 0 Å². The third kappa shape index (κ3) is 3.81. The molecule has 0 radical (unpaired) electrons. The highest BCUT2D eigenvalue weighted by molar-refractivity contribution is 7.71. The number of carbonyl (C=O) groups excluding carboxylic acids is 1. The quantitative estimate of drug-likeness (QED) is 0.475. The topological polar surface area (TPSA) is 133 Å². The van der Waals surface area contributed by atoms with Gasteiger partial charge in [0, 0.05) is 5.69 Å². The molecule has 11 heteroatoms. The lowest BCUT2D eigenvalue weighted by Crippen LogP contribution is -2.16. The van der Waals surface area contributed by atoms with Crippen molar-refractivity contribution in [2.75, 3.05) is 11.5 Å². The number of nitrogens with one attached hydrogen (secondary N) is 2. The minimum Gasteiger partial charge on any atom is -0.325 e. The van der Waals surface area contributed by atoms with Gasteiger partial charge >= 0.3 is 7.60 Å². The zero-order valence-corrected chi connectivity index (χ0v) is 11.6. The first-order valence-electron chi connectivity index (χ1n) is 5.30. The predicted octanol–water partition coefficient (Wildman–Crippen LogP) is 0.441. The minimum absolute atomic E-state index is 0.212. The van der Waals surface area contributed by atoms with E-state index in [9.17, 15) is 9.36 Å². The van der Waals surface area contributed by atoms with Crippen LogP contribution in [0, 0.1) is 4.77 Å². The lowest BCUT2D eigenvalue weighted by atomic mass is 10.3. The number of rotatable bonds is 4. The van der Waals surface area contributed by atoms with Gasteiger partial charge in [-0.05, 0) is 30.4 Å². The molecule has 0 saturated carbocycles. The summed E-state index contributed by atoms with van der Waals surface area (Å²) < 4.78 is 12.3. The maximum Gasteiger partial charge on any atom is 0.334 e. The molecule has 1 aromatic carbocycles. The second-order valence-corrected chi connectivity index (χ2v) is 5.85. The molecule has 0 fully saturated rings. The Hall–Kier alpha value is -1.87. The first kappa shape index (κ1) is 14.5. The molecule has 106 valence electrons. The average molecular weight is 315 g/mol. The Morgan fingerprint density at radius 2 is 2.25 bits per heavy atom. The van der Waals surface area contributed by atoms with Crippen molar-refractivity contribution in [3.63, 3.8) is 0 Å². The number of amides is 1. The van der Waals surface area contributed by atoms with Gasteiger partial charge < -0.3 is 15.1 Å². The van der Waals surface area contributed by atoms with Gasteiger partial charge in [0.2, 0.25) is 10.7 Å². The average Bonchev–Trinajstić information content (AvgIpc) is 2.73. The molecule has 0 spiro atoms. The van der Waals surface area contributed by atoms with E-state index in [1.165, 1.54) is 4.68 Å². The number of carbonyl (C=O) groups is 1. The van der Waals surface area contributed by atoms with Crippen molar-refractivity contribution in [2.45, 2.75) is 0 Å². The number of nitrogens with zero attached hydrogens (tertiary/aromatic N) is 3. The Kier molecular flexibility index (Phi) is 4.09. The van der Waals surface area contributed by atoms with Gasteiger partial charge in [-0.2, -0.15) is 5.21 Å². The molecule has 0 bridgehead atoms. The summed E-state index contributed by atoms with van der Waals surface area (Å²) in [4.78, 5) is 28.9. The number of hydrogen-bond acceptors (Lipinski definition) is 5. The molecule has 0 saturated heterocycles. The first-order chi connectivity index (χ1) is 9.35. The van der Waals surface area contributed by atoms with Crippen LogP contribution in [0.15, 0.2) is 24.3 Å². The predicted molar refractivity (Wildman–Crippen MR) is 72.1 cm³/mol. The van der Waals surface area contributed by atoms with Crippen LogP contribution in [0.2, 0.25) is 0 Å². The summed E-state index contributed by atoms with van der Waals surface area (Å²) in [5.74, 6) is -0.776. The van der Waals surface area contributed by atoms with E-state index < -0.39 is 19.7 Å². The fourth-order valence-electron chi connectivity index (χ4n) is 1.48. The summed E-state index contributed by atoms with van der Waals surface area (Å²) in [6.07, 6.45) is -0.873. The second-order valence-electron chi connectivity index (χ2n) is 3.84. The van der Waals surface area contributed by atoms with Crippen molar-refractivity contribution in [3.8, 4) is 5.69 Å². The molecule has 9 nitrogen and oxygen atoms in total. The van der Waals surface area contributed by atoms with E-state index in [1.807, 2.05) is 0 Å². The molecule has 1 heterocycles. The fourth-order valence-corrected chi connectivity index (χ4v) is 2.12. The number of benzene rings is 1. The Labute approximate surface area is 117 Å². The number of aromatic amines is 1. The third-order valence-corrected chi connectivity index (χ3v) is 3.17. The van der Waals surface area contributed by atoms with Crippen molar-refractivity contribution in [2.24, 2.45) is 0 Å². The zero-order chi connectivity index (χ0) is 14.8. The highest BCUT2D eigenvalue weighted by Gasteiger charge is 2.19. The Bertz CT molecular complexity index is 736. The monoisotopic (exact) mass is 315 g/mol. The van der Waals surface area contributed by atoms with Crippen molar-refractivity contribution < 1.29 is 19.1 Å². The van der Waals surface area contributed by atoms with Gasteiger partial charge in [0.25, 0.3) is 0 Å². The molecule has 0 atom stereocenters. The fraction of sp³-hybridized carbons (Fsp3) is 0.111. The molecule has 20 heavy (non-hydrogen) atoms. The zero-order valence-electron chi connectivity index (χ0n) is 9.92. The molecular weight excluding hydrogens is 305 g/mol. The number of aromatic nitrogens is 4. The molecule has 0 aliphatic carbocycles. The van der Waals surface area contributed by atoms with Gasteiger partial charge in [-0.3, -0.25) is 9.36 Å². The van der Waals surface area contributed by atoms with Crippen LogP contribution in [0.1, 0.15) is 0 Å². The lowest BCUT2D eigenvalue weighted by molar-refractivity contribution is -0.114. The largest absolute Gasteiger partial charge is 0.334 e. The maximum absolute atomic E-state index is 11.4. The van der Waals surface area contributed by atoms with Crippen molar-refractivity contribution in [3.05, 3.63) is 29.0 Å². The molecule has 0 unspecified atom stereocenters. The molecule has 0 aliphatic rings. The van der Waals surface area contributed by atoms with Gasteiger partial charge in [-0.15, -0.1) is 0 Å². The standard InChI is InChI=1S/C9H10N5O4PS/c15-8(5-19(16,17)18)10-6-2-1-3-7(4-6)14-9(20)11-12-13-14/h1-4H,5H2,(H,10,15)(H,11,13,20)(H2,16,17,18). The molecule has 4 N–H and O–H groups in total. The number of hydrogen-bond donors (Lipinski definition) is 4. The third-order valence-electron chi connectivity index (χ3n) is 2.21. The maximum atomic E-state index is 11.4. The number of tetrazole rings is 1. The molecular formula is C9H10N5O4PS. The van der Waals surface area contributed by atoms with E-state index in [2.05, 4.69) is 20.8 Å². The first-order valence-corrected chi connectivity index (χ1v) is 7.51. The minimum atomic E-state index is -4.39. The van der Waals surface area contributed by atoms with Crippen LogP contribution in [0.4, 0.5) is 5.69 Å². The van der Waals surface area contributed by atoms with E-state index in [1.54, 1.807) is 24.3 Å². The Morgan fingerprint density at radius 3 is 2.85 bits per heavy atom. The summed E-state index contributed by atoms with van der Waals surface area (Å²) in [5.41, 5.74) is 0.950. The lowest BCUT2D eigenvalue weighted by Gasteiger charge is -2.08. The van der Waals surface area contributed by atoms with Gasteiger partial charge in [-0.25, -0.2) is 4.68 Å². The van der Waals surface area contributed by atoms with E-state index in [4.69, 9.17) is 22.0 Å². The summed E-state index contributed by atoms with van der Waals surface area (Å²) >= 11 is 4.94. The molecule has 0 aliphatic heterocycles. The van der Waals surface area contributed by atoms with Crippen LogP contribution in [-0.4, -0.2) is 42.1 Å². The number of H-pyrrole nitrogens is 1. The van der Waals surface area contributed by atoms with E-state index in [-0.39, 0.29) is 4.77 Å². The highest BCUT2D eigenvalue weighted by atomic mass is 32.1. The van der Waals surface area contributed by atoms with E-state index in [0.717, 1.165) is 0 Å². The Balaban J connectivity index is 2.19. The molecule has 1 aromatic heterocycles. The summed E-state index contributed by atoms with van der Waals surface area (Å²) in [6, 6.07) is 6.49. The Morgan fingerprint density at radius 1 is 1.50 bits per heavy atom. The number of anilines is 1. The van der Waals surface area contributed by atoms with Crippen LogP contribution in [-0.2, 0) is 9.36 Å². The SMILES string of the molecule is O=C(CP(=O)(O)O)Nc1cccc(-n2[nH]nnc2=S)c1. The van der Waals surface area contributed by atoms with Crippen LogP contribution in [0.5, 0.6) is 0 Å². The van der Waals surface area contributed by atoms with Crippen LogP contribution < -0.4 is 5.32 Å². The van der Waals surface area contributed by atoms with Gasteiger partial charge in [-0.1, -0.05) is 16.4 Å². The highest BCUT2D eigenvalue weighted by Crippen LogP contribution is 2.33. The summed E-state index contributed by atoms with van der Waals surface area (Å²) in [7, 11) is -4.39. The molecule has 2 rings (SSSR count). The van der Waals surface area contributed by atoms with E-state index in [0.29, 0.717) is 11.4 Å².